The Morgan fingerprint density at radius 2 is 1.95 bits per heavy atom. The van der Waals surface area contributed by atoms with Gasteiger partial charge in [0.1, 0.15) is 12.0 Å². The van der Waals surface area contributed by atoms with E-state index >= 15 is 0 Å². The largest absolute Gasteiger partial charge is 0.387 e. The average Bonchev–Trinajstić information content (AvgIpc) is 3.46. The molecule has 1 atom stereocenters. The topological polar surface area (TPSA) is 150 Å². The standard InChI is InChI=1S/C23H26F2N8O3S/c1-22(2,35)15(25)9-27-20(34)12-8-26-17(31-19-13(24)11-33-18(32-19)5-6-29-33)7-14(12)30-21-28-10-16(37-21)23(3,4)36/h5-8,10-11,15,35-36H,9H2,1-4H3,(H,27,34)(H2,26,28,30,31,32)/t15-/m1/s1. The number of carbonyl (C=O) groups excluding carboxylic acids is 1. The van der Waals surface area contributed by atoms with Crippen molar-refractivity contribution < 1.29 is 23.8 Å². The second-order valence-electron chi connectivity index (χ2n) is 9.36. The van der Waals surface area contributed by atoms with Gasteiger partial charge >= 0.3 is 0 Å². The summed E-state index contributed by atoms with van der Waals surface area (Å²) in [5, 5.41) is 32.6. The Morgan fingerprint density at radius 1 is 1.19 bits per heavy atom. The predicted molar refractivity (Wildman–Crippen MR) is 135 cm³/mol. The highest BCUT2D eigenvalue weighted by Gasteiger charge is 2.27. The van der Waals surface area contributed by atoms with E-state index in [1.807, 2.05) is 0 Å². The Labute approximate surface area is 214 Å². The molecule has 11 nitrogen and oxygen atoms in total. The van der Waals surface area contributed by atoms with Crippen LogP contribution >= 0.6 is 11.3 Å². The van der Waals surface area contributed by atoms with Crippen molar-refractivity contribution in [2.75, 3.05) is 17.2 Å². The van der Waals surface area contributed by atoms with Gasteiger partial charge in [0.2, 0.25) is 0 Å². The summed E-state index contributed by atoms with van der Waals surface area (Å²) in [5.41, 5.74) is -2.06. The number of nitrogens with zero attached hydrogens (tertiary/aromatic N) is 5. The van der Waals surface area contributed by atoms with Gasteiger partial charge in [0, 0.05) is 24.5 Å². The Balaban J connectivity index is 1.64. The van der Waals surface area contributed by atoms with E-state index in [1.165, 1.54) is 54.4 Å². The lowest BCUT2D eigenvalue weighted by atomic mass is 10.0. The van der Waals surface area contributed by atoms with Gasteiger partial charge in [-0.2, -0.15) is 5.10 Å². The first-order valence-corrected chi connectivity index (χ1v) is 12.0. The van der Waals surface area contributed by atoms with E-state index in [4.69, 9.17) is 0 Å². The van der Waals surface area contributed by atoms with Crippen LogP contribution in [0.25, 0.3) is 5.65 Å². The quantitative estimate of drug-likeness (QED) is 0.219. The van der Waals surface area contributed by atoms with Crippen molar-refractivity contribution in [3.05, 3.63) is 53.2 Å². The van der Waals surface area contributed by atoms with E-state index in [0.29, 0.717) is 15.7 Å². The highest BCUT2D eigenvalue weighted by Crippen LogP contribution is 2.32. The summed E-state index contributed by atoms with van der Waals surface area (Å²) in [7, 11) is 0. The maximum atomic E-state index is 14.5. The molecule has 4 rings (SSSR count). The van der Waals surface area contributed by atoms with Gasteiger partial charge in [0.15, 0.2) is 22.4 Å². The number of aromatic nitrogens is 5. The Hall–Kier alpha value is -3.75. The van der Waals surface area contributed by atoms with E-state index in [0.717, 1.165) is 6.20 Å². The number of aliphatic hydroxyl groups is 2. The summed E-state index contributed by atoms with van der Waals surface area (Å²) in [5.74, 6) is -1.27. The zero-order chi connectivity index (χ0) is 27.0. The third-order valence-electron chi connectivity index (χ3n) is 5.29. The fourth-order valence-electron chi connectivity index (χ4n) is 3.11. The van der Waals surface area contributed by atoms with E-state index < -0.39 is 35.6 Å². The van der Waals surface area contributed by atoms with E-state index in [1.54, 1.807) is 19.9 Å². The smallest absolute Gasteiger partial charge is 0.255 e. The molecule has 5 N–H and O–H groups in total. The van der Waals surface area contributed by atoms with E-state index in [-0.39, 0.29) is 22.9 Å². The number of pyridine rings is 1. The second-order valence-corrected chi connectivity index (χ2v) is 10.4. The Kier molecular flexibility index (Phi) is 7.08. The molecule has 4 aromatic rings. The molecule has 4 aromatic heterocycles. The van der Waals surface area contributed by atoms with Crippen LogP contribution in [0, 0.1) is 5.82 Å². The first-order valence-electron chi connectivity index (χ1n) is 11.2. The number of thiazole rings is 1. The lowest BCUT2D eigenvalue weighted by Crippen LogP contribution is -2.42. The molecule has 0 aromatic carbocycles. The van der Waals surface area contributed by atoms with Crippen LogP contribution < -0.4 is 16.0 Å². The Bertz CT molecular complexity index is 1430. The van der Waals surface area contributed by atoms with Gasteiger partial charge in [-0.1, -0.05) is 11.3 Å². The van der Waals surface area contributed by atoms with Crippen LogP contribution in [0.2, 0.25) is 0 Å². The van der Waals surface area contributed by atoms with Gasteiger partial charge in [-0.25, -0.2) is 28.2 Å². The van der Waals surface area contributed by atoms with Crippen molar-refractivity contribution in [2.45, 2.75) is 45.1 Å². The zero-order valence-electron chi connectivity index (χ0n) is 20.5. The SMILES string of the molecule is CC(C)(O)c1cnc(Nc2cc(Nc3nc4ccnn4cc3F)ncc2C(=O)NC[C@@H](F)C(C)(C)O)s1. The highest BCUT2D eigenvalue weighted by atomic mass is 32.1. The lowest BCUT2D eigenvalue weighted by molar-refractivity contribution is -0.00177. The van der Waals surface area contributed by atoms with Gasteiger partial charge in [-0.05, 0) is 27.7 Å². The van der Waals surface area contributed by atoms with Crippen LogP contribution in [0.3, 0.4) is 0 Å². The molecule has 0 saturated carbocycles. The highest BCUT2D eigenvalue weighted by molar-refractivity contribution is 7.15. The predicted octanol–water partition coefficient (Wildman–Crippen LogP) is 3.27. The van der Waals surface area contributed by atoms with Crippen LogP contribution in [0.4, 0.5) is 31.2 Å². The van der Waals surface area contributed by atoms with E-state index in [9.17, 15) is 23.8 Å². The third kappa shape index (κ3) is 6.15. The summed E-state index contributed by atoms with van der Waals surface area (Å²) in [4.78, 5) is 26.1. The van der Waals surface area contributed by atoms with Crippen LogP contribution in [-0.4, -0.2) is 59.0 Å². The van der Waals surface area contributed by atoms with Crippen molar-refractivity contribution in [2.24, 2.45) is 0 Å². The molecule has 0 fully saturated rings. The second kappa shape index (κ2) is 9.95. The van der Waals surface area contributed by atoms with Gasteiger partial charge in [-0.15, -0.1) is 0 Å². The number of nitrogens with one attached hydrogen (secondary N) is 3. The number of anilines is 4. The van der Waals surface area contributed by atoms with Crippen molar-refractivity contribution in [1.82, 2.24) is 29.9 Å². The molecule has 14 heteroatoms. The third-order valence-corrected chi connectivity index (χ3v) is 6.52. The van der Waals surface area contributed by atoms with E-state index in [2.05, 4.69) is 36.0 Å². The molecule has 196 valence electrons. The molecule has 0 radical (unpaired) electrons. The average molecular weight is 533 g/mol. The number of fused-ring (bicyclic) bond motifs is 1. The number of hydrogen-bond donors (Lipinski definition) is 5. The number of carbonyl (C=O) groups is 1. The number of alkyl halides is 1. The minimum Gasteiger partial charge on any atom is -0.387 e. The van der Waals surface area contributed by atoms with Gasteiger partial charge in [0.05, 0.1) is 46.3 Å². The van der Waals surface area contributed by atoms with Gasteiger partial charge in [0.25, 0.3) is 5.91 Å². The fourth-order valence-corrected chi connectivity index (χ4v) is 3.94. The van der Waals surface area contributed by atoms with Crippen molar-refractivity contribution in [3.8, 4) is 0 Å². The maximum Gasteiger partial charge on any atom is 0.255 e. The van der Waals surface area contributed by atoms with Gasteiger partial charge in [-0.3, -0.25) is 4.79 Å². The number of halogens is 2. The first-order chi connectivity index (χ1) is 17.3. The first kappa shape index (κ1) is 26.3. The normalized spacial score (nSPS) is 13.0. The molecular formula is C23H26F2N8O3S. The monoisotopic (exact) mass is 532 g/mol. The molecule has 0 spiro atoms. The zero-order valence-corrected chi connectivity index (χ0v) is 21.3. The molecule has 0 aliphatic carbocycles. The molecule has 37 heavy (non-hydrogen) atoms. The van der Waals surface area contributed by atoms with Gasteiger partial charge < -0.3 is 26.2 Å². The van der Waals surface area contributed by atoms with Crippen molar-refractivity contribution in [1.29, 1.82) is 0 Å². The van der Waals surface area contributed by atoms with Crippen LogP contribution in [0.15, 0.2) is 36.9 Å². The molecule has 0 aliphatic rings. The molecular weight excluding hydrogens is 506 g/mol. The van der Waals surface area contributed by atoms with Crippen molar-refractivity contribution in [3.63, 3.8) is 0 Å². The van der Waals surface area contributed by atoms with Crippen LogP contribution in [0.5, 0.6) is 0 Å². The van der Waals surface area contributed by atoms with Crippen LogP contribution in [0.1, 0.15) is 42.9 Å². The minimum absolute atomic E-state index is 0.0492. The maximum absolute atomic E-state index is 14.5. The van der Waals surface area contributed by atoms with Crippen LogP contribution in [-0.2, 0) is 5.60 Å². The number of rotatable bonds is 9. The summed E-state index contributed by atoms with van der Waals surface area (Å²) >= 11 is 1.17. The molecule has 0 aliphatic heterocycles. The summed E-state index contributed by atoms with van der Waals surface area (Å²) in [6.07, 6.45) is 3.67. The molecule has 0 unspecified atom stereocenters. The summed E-state index contributed by atoms with van der Waals surface area (Å²) in [6, 6.07) is 3.05. The lowest BCUT2D eigenvalue weighted by Gasteiger charge is -2.22. The molecule has 0 bridgehead atoms. The molecule has 1 amide bonds. The summed E-state index contributed by atoms with van der Waals surface area (Å²) in [6.45, 7) is 5.41. The number of amides is 1. The summed E-state index contributed by atoms with van der Waals surface area (Å²) < 4.78 is 30.0. The number of hydrogen-bond acceptors (Lipinski definition) is 10. The molecule has 4 heterocycles. The van der Waals surface area contributed by atoms with Crippen molar-refractivity contribution >= 4 is 45.3 Å². The Morgan fingerprint density at radius 3 is 2.62 bits per heavy atom. The minimum atomic E-state index is -1.71. The molecule has 0 saturated heterocycles. The fraction of sp³-hybridized carbons (Fsp3) is 0.348.